The highest BCUT2D eigenvalue weighted by molar-refractivity contribution is 5.94. The fourth-order valence-electron chi connectivity index (χ4n) is 4.13. The third-order valence-corrected chi connectivity index (χ3v) is 5.75. The van der Waals surface area contributed by atoms with Gasteiger partial charge in [0.2, 0.25) is 0 Å². The van der Waals surface area contributed by atoms with Crippen LogP contribution in [-0.2, 0) is 9.53 Å². The third-order valence-electron chi connectivity index (χ3n) is 5.75. The van der Waals surface area contributed by atoms with E-state index < -0.39 is 23.4 Å². The van der Waals surface area contributed by atoms with Crippen LogP contribution in [0, 0.1) is 5.41 Å². The van der Waals surface area contributed by atoms with Gasteiger partial charge < -0.3 is 15.2 Å². The first-order valence-corrected chi connectivity index (χ1v) is 10.9. The van der Waals surface area contributed by atoms with Crippen LogP contribution < -0.4 is 10.6 Å². The lowest BCUT2D eigenvalue weighted by Gasteiger charge is -2.22. The molecular formula is C25H26N4O5. The van der Waals surface area contributed by atoms with Gasteiger partial charge in [0, 0.05) is 18.5 Å². The van der Waals surface area contributed by atoms with Gasteiger partial charge in [-0.3, -0.25) is 20.0 Å². The first kappa shape index (κ1) is 23.0. The van der Waals surface area contributed by atoms with Crippen molar-refractivity contribution < 1.29 is 24.2 Å². The summed E-state index contributed by atoms with van der Waals surface area (Å²) >= 11 is 0. The molecule has 1 aromatic heterocycles. The molecule has 2 amide bonds. The molecule has 0 saturated carbocycles. The van der Waals surface area contributed by atoms with Gasteiger partial charge in [-0.05, 0) is 27.7 Å². The number of fused-ring (bicyclic) bond motifs is 3. The zero-order valence-corrected chi connectivity index (χ0v) is 18.9. The lowest BCUT2D eigenvalue weighted by Crippen LogP contribution is -2.35. The summed E-state index contributed by atoms with van der Waals surface area (Å²) < 4.78 is 5.48. The van der Waals surface area contributed by atoms with Crippen LogP contribution in [0.5, 0.6) is 0 Å². The number of H-pyrrole nitrogens is 1. The molecule has 1 aliphatic rings. The van der Waals surface area contributed by atoms with Gasteiger partial charge in [0.05, 0.1) is 6.42 Å². The van der Waals surface area contributed by atoms with E-state index in [2.05, 4.69) is 33.0 Å². The number of amides is 2. The normalized spacial score (nSPS) is 12.5. The van der Waals surface area contributed by atoms with E-state index in [1.54, 1.807) is 13.8 Å². The molecule has 1 aliphatic carbocycles. The Hall–Kier alpha value is -4.14. The summed E-state index contributed by atoms with van der Waals surface area (Å²) in [5.41, 5.74) is 4.04. The summed E-state index contributed by atoms with van der Waals surface area (Å²) in [6.07, 6.45) is -0.756. The lowest BCUT2D eigenvalue weighted by atomic mass is 9.89. The number of hydrogen-bond acceptors (Lipinski definition) is 5. The molecule has 176 valence electrons. The molecule has 9 nitrogen and oxygen atoms in total. The van der Waals surface area contributed by atoms with E-state index in [1.165, 1.54) is 6.07 Å². The molecule has 0 atom stereocenters. The Kier molecular flexibility index (Phi) is 6.36. The van der Waals surface area contributed by atoms with Crippen molar-refractivity contribution in [3.63, 3.8) is 0 Å². The van der Waals surface area contributed by atoms with E-state index in [9.17, 15) is 14.4 Å². The predicted octanol–water partition coefficient (Wildman–Crippen LogP) is 4.00. The summed E-state index contributed by atoms with van der Waals surface area (Å²) in [5.74, 6) is -1.30. The molecule has 0 unspecified atom stereocenters. The molecule has 9 heteroatoms. The number of hydrogen-bond donors (Lipinski definition) is 4. The molecule has 3 aromatic rings. The van der Waals surface area contributed by atoms with E-state index in [-0.39, 0.29) is 37.0 Å². The quantitative estimate of drug-likeness (QED) is 0.400. The number of ether oxygens (including phenoxy) is 1. The molecule has 4 rings (SSSR count). The number of benzene rings is 2. The van der Waals surface area contributed by atoms with Crippen LogP contribution >= 0.6 is 0 Å². The maximum atomic E-state index is 12.4. The van der Waals surface area contributed by atoms with E-state index >= 15 is 0 Å². The van der Waals surface area contributed by atoms with Gasteiger partial charge >= 0.3 is 12.1 Å². The van der Waals surface area contributed by atoms with Crippen molar-refractivity contribution in [3.8, 4) is 11.1 Å². The first-order valence-electron chi connectivity index (χ1n) is 10.9. The molecule has 0 bridgehead atoms. The van der Waals surface area contributed by atoms with Crippen LogP contribution in [0.3, 0.4) is 0 Å². The average molecular weight is 463 g/mol. The monoisotopic (exact) mass is 462 g/mol. The molecule has 0 fully saturated rings. The second-order valence-electron chi connectivity index (χ2n) is 9.03. The Morgan fingerprint density at radius 2 is 1.68 bits per heavy atom. The predicted molar refractivity (Wildman–Crippen MR) is 126 cm³/mol. The van der Waals surface area contributed by atoms with Crippen molar-refractivity contribution in [1.29, 1.82) is 0 Å². The van der Waals surface area contributed by atoms with Gasteiger partial charge in [0.15, 0.2) is 5.82 Å². The Balaban J connectivity index is 1.33. The Morgan fingerprint density at radius 1 is 1.06 bits per heavy atom. The highest BCUT2D eigenvalue weighted by Gasteiger charge is 2.29. The van der Waals surface area contributed by atoms with Crippen molar-refractivity contribution in [2.24, 2.45) is 5.41 Å². The SMILES string of the molecule is CC(C)(CNC(=O)c1cc(NC(=O)OCC2c3ccccc3-c3ccccc32)n[nH]1)CC(=O)O. The number of carboxylic acid groups (broad SMARTS) is 1. The molecule has 34 heavy (non-hydrogen) atoms. The fraction of sp³-hybridized carbons (Fsp3) is 0.280. The number of nitrogens with one attached hydrogen (secondary N) is 3. The van der Waals surface area contributed by atoms with Gasteiger partial charge in [0.25, 0.3) is 5.91 Å². The van der Waals surface area contributed by atoms with Crippen LogP contribution in [0.15, 0.2) is 54.6 Å². The number of aromatic nitrogens is 2. The van der Waals surface area contributed by atoms with Crippen LogP contribution in [-0.4, -0.2) is 46.4 Å². The van der Waals surface area contributed by atoms with Crippen molar-refractivity contribution >= 4 is 23.8 Å². The second-order valence-corrected chi connectivity index (χ2v) is 9.03. The zero-order valence-electron chi connectivity index (χ0n) is 18.9. The highest BCUT2D eigenvalue weighted by atomic mass is 16.5. The number of aromatic amines is 1. The Bertz CT molecular complexity index is 1190. The number of rotatable bonds is 8. The van der Waals surface area contributed by atoms with Crippen molar-refractivity contribution in [2.45, 2.75) is 26.2 Å². The third kappa shape index (κ3) is 5.09. The molecule has 0 radical (unpaired) electrons. The van der Waals surface area contributed by atoms with E-state index in [4.69, 9.17) is 9.84 Å². The number of carbonyl (C=O) groups excluding carboxylic acids is 2. The van der Waals surface area contributed by atoms with Crippen molar-refractivity contribution in [2.75, 3.05) is 18.5 Å². The standard InChI is InChI=1S/C25H26N4O5/c1-25(2,12-22(30)31)14-26-23(32)20-11-21(29-28-20)27-24(33)34-13-19-17-9-5-3-7-15(17)16-8-4-6-10-18(16)19/h3-11,19H,12-14H2,1-2H3,(H,26,32)(H,30,31)(H2,27,28,29,33). The van der Waals surface area contributed by atoms with Crippen LogP contribution in [0.1, 0.15) is 47.8 Å². The van der Waals surface area contributed by atoms with E-state index in [0.717, 1.165) is 22.3 Å². The molecule has 1 heterocycles. The van der Waals surface area contributed by atoms with Crippen LogP contribution in [0.4, 0.5) is 10.6 Å². The molecule has 2 aromatic carbocycles. The maximum absolute atomic E-state index is 12.4. The summed E-state index contributed by atoms with van der Waals surface area (Å²) in [6.45, 7) is 3.83. The maximum Gasteiger partial charge on any atom is 0.412 e. The summed E-state index contributed by atoms with van der Waals surface area (Å²) in [7, 11) is 0. The second kappa shape index (κ2) is 9.38. The zero-order chi connectivity index (χ0) is 24.3. The highest BCUT2D eigenvalue weighted by Crippen LogP contribution is 2.44. The molecule has 4 N–H and O–H groups in total. The number of carboxylic acids is 1. The summed E-state index contributed by atoms with van der Waals surface area (Å²) in [4.78, 5) is 35.6. The van der Waals surface area contributed by atoms with Crippen LogP contribution in [0.25, 0.3) is 11.1 Å². The van der Waals surface area contributed by atoms with Gasteiger partial charge in [-0.15, -0.1) is 0 Å². The largest absolute Gasteiger partial charge is 0.481 e. The minimum absolute atomic E-state index is 0.0622. The topological polar surface area (TPSA) is 133 Å². The summed E-state index contributed by atoms with van der Waals surface area (Å²) in [6, 6.07) is 17.5. The summed E-state index contributed by atoms with van der Waals surface area (Å²) in [5, 5.41) is 20.6. The molecular weight excluding hydrogens is 436 g/mol. The molecule has 0 saturated heterocycles. The van der Waals surface area contributed by atoms with Gasteiger partial charge in [-0.1, -0.05) is 62.4 Å². The number of anilines is 1. The Morgan fingerprint density at radius 3 is 2.29 bits per heavy atom. The average Bonchev–Trinajstić information content (AvgIpc) is 3.38. The van der Waals surface area contributed by atoms with E-state index in [1.807, 2.05) is 36.4 Å². The van der Waals surface area contributed by atoms with Gasteiger partial charge in [0.1, 0.15) is 12.3 Å². The molecule has 0 spiro atoms. The van der Waals surface area contributed by atoms with Crippen LogP contribution in [0.2, 0.25) is 0 Å². The fourth-order valence-corrected chi connectivity index (χ4v) is 4.13. The lowest BCUT2D eigenvalue weighted by molar-refractivity contribution is -0.139. The molecule has 0 aliphatic heterocycles. The van der Waals surface area contributed by atoms with E-state index in [0.29, 0.717) is 0 Å². The smallest absolute Gasteiger partial charge is 0.412 e. The van der Waals surface area contributed by atoms with Crippen molar-refractivity contribution in [1.82, 2.24) is 15.5 Å². The van der Waals surface area contributed by atoms with Crippen molar-refractivity contribution in [3.05, 3.63) is 71.4 Å². The number of carbonyl (C=O) groups is 3. The number of nitrogens with zero attached hydrogens (tertiary/aromatic N) is 1. The minimum atomic E-state index is -0.935. The number of aliphatic carboxylic acids is 1. The first-order chi connectivity index (χ1) is 16.2. The van der Waals surface area contributed by atoms with Gasteiger partial charge in [-0.2, -0.15) is 5.10 Å². The van der Waals surface area contributed by atoms with Gasteiger partial charge in [-0.25, -0.2) is 4.79 Å². The Labute approximate surface area is 196 Å². The minimum Gasteiger partial charge on any atom is -0.481 e.